The van der Waals surface area contributed by atoms with E-state index >= 15 is 0 Å². The molecule has 1 rings (SSSR count). The van der Waals surface area contributed by atoms with Gasteiger partial charge in [0.2, 0.25) is 10.0 Å². The Morgan fingerprint density at radius 1 is 1.50 bits per heavy atom. The van der Waals surface area contributed by atoms with Crippen LogP contribution in [0, 0.1) is 0 Å². The highest BCUT2D eigenvalue weighted by Gasteiger charge is 2.28. The molecule has 1 unspecified atom stereocenters. The molecule has 0 radical (unpaired) electrons. The van der Waals surface area contributed by atoms with Crippen molar-refractivity contribution >= 4 is 16.0 Å². The summed E-state index contributed by atoms with van der Waals surface area (Å²) >= 11 is 0. The third-order valence-electron chi connectivity index (χ3n) is 2.98. The zero-order valence-corrected chi connectivity index (χ0v) is 11.8. The number of rotatable bonds is 7. The summed E-state index contributed by atoms with van der Waals surface area (Å²) < 4.78 is 30.0. The minimum absolute atomic E-state index is 0.198. The quantitative estimate of drug-likeness (QED) is 0.661. The Kier molecular flexibility index (Phi) is 6.04. The number of methoxy groups -OCH3 is 1. The van der Waals surface area contributed by atoms with Crippen LogP contribution < -0.4 is 5.32 Å². The fourth-order valence-electron chi connectivity index (χ4n) is 2.05. The molecule has 1 aliphatic rings. The number of carbonyl (C=O) groups excluding carboxylic acids is 1. The standard InChI is InChI=1S/C11H22N2O4S/c1-3-7-13(8-10-5-4-6-12-10)18(15,16)9-11(14)17-2/h10,12H,3-9H2,1-2H3. The van der Waals surface area contributed by atoms with E-state index < -0.39 is 21.7 Å². The Hall–Kier alpha value is -0.660. The first-order valence-corrected chi connectivity index (χ1v) is 7.88. The number of sulfonamides is 1. The van der Waals surface area contributed by atoms with Crippen molar-refractivity contribution in [1.29, 1.82) is 0 Å². The highest BCUT2D eigenvalue weighted by molar-refractivity contribution is 7.89. The summed E-state index contributed by atoms with van der Waals surface area (Å²) in [6, 6.07) is 0.198. The smallest absolute Gasteiger partial charge is 0.322 e. The van der Waals surface area contributed by atoms with Crippen LogP contribution in [0.4, 0.5) is 0 Å². The third kappa shape index (κ3) is 4.55. The second kappa shape index (κ2) is 7.06. The molecule has 0 spiro atoms. The maximum atomic E-state index is 12.1. The lowest BCUT2D eigenvalue weighted by atomic mass is 10.2. The Labute approximate surface area is 109 Å². The average molecular weight is 278 g/mol. The van der Waals surface area contributed by atoms with Crippen LogP contribution in [-0.4, -0.2) is 57.2 Å². The van der Waals surface area contributed by atoms with Crippen molar-refractivity contribution in [1.82, 2.24) is 9.62 Å². The van der Waals surface area contributed by atoms with Gasteiger partial charge in [0, 0.05) is 19.1 Å². The van der Waals surface area contributed by atoms with Crippen molar-refractivity contribution in [3.8, 4) is 0 Å². The Balaban J connectivity index is 2.66. The SMILES string of the molecule is CCCN(CC1CCCN1)S(=O)(=O)CC(=O)OC. The molecule has 1 heterocycles. The predicted octanol–water partition coefficient (Wildman–Crippen LogP) is -0.0468. The van der Waals surface area contributed by atoms with Crippen molar-refractivity contribution in [2.45, 2.75) is 32.2 Å². The van der Waals surface area contributed by atoms with Gasteiger partial charge in [-0.1, -0.05) is 6.92 Å². The van der Waals surface area contributed by atoms with Gasteiger partial charge in [0.25, 0.3) is 0 Å². The molecule has 7 heteroatoms. The fourth-order valence-corrected chi connectivity index (χ4v) is 3.52. The molecule has 0 amide bonds. The van der Waals surface area contributed by atoms with Crippen LogP contribution in [0.2, 0.25) is 0 Å². The molecule has 0 aromatic heterocycles. The number of hydrogen-bond donors (Lipinski definition) is 1. The first-order valence-electron chi connectivity index (χ1n) is 6.27. The number of ether oxygens (including phenoxy) is 1. The van der Waals surface area contributed by atoms with Gasteiger partial charge >= 0.3 is 5.97 Å². The van der Waals surface area contributed by atoms with Gasteiger partial charge in [-0.25, -0.2) is 8.42 Å². The molecule has 1 atom stereocenters. The lowest BCUT2D eigenvalue weighted by Gasteiger charge is -2.24. The van der Waals surface area contributed by atoms with Crippen LogP contribution in [0.25, 0.3) is 0 Å². The van der Waals surface area contributed by atoms with Gasteiger partial charge in [0.1, 0.15) is 0 Å². The first kappa shape index (κ1) is 15.4. The molecule has 1 fully saturated rings. The van der Waals surface area contributed by atoms with Crippen LogP contribution in [0.15, 0.2) is 0 Å². The molecular weight excluding hydrogens is 256 g/mol. The number of hydrogen-bond acceptors (Lipinski definition) is 5. The number of nitrogens with one attached hydrogen (secondary N) is 1. The lowest BCUT2D eigenvalue weighted by Crippen LogP contribution is -2.43. The Bertz CT molecular complexity index is 363. The van der Waals surface area contributed by atoms with E-state index in [0.29, 0.717) is 13.1 Å². The van der Waals surface area contributed by atoms with E-state index in [-0.39, 0.29) is 6.04 Å². The molecule has 0 aliphatic carbocycles. The van der Waals surface area contributed by atoms with Gasteiger partial charge in [-0.3, -0.25) is 4.79 Å². The Morgan fingerprint density at radius 3 is 2.72 bits per heavy atom. The zero-order valence-electron chi connectivity index (χ0n) is 11.0. The molecular formula is C11H22N2O4S. The summed E-state index contributed by atoms with van der Waals surface area (Å²) in [5, 5.41) is 3.26. The fraction of sp³-hybridized carbons (Fsp3) is 0.909. The first-order chi connectivity index (χ1) is 8.49. The van der Waals surface area contributed by atoms with Crippen LogP contribution in [-0.2, 0) is 19.6 Å². The van der Waals surface area contributed by atoms with Crippen molar-refractivity contribution in [2.75, 3.05) is 32.5 Å². The van der Waals surface area contributed by atoms with E-state index in [0.717, 1.165) is 25.8 Å². The molecule has 6 nitrogen and oxygen atoms in total. The Morgan fingerprint density at radius 2 is 2.22 bits per heavy atom. The van der Waals surface area contributed by atoms with Gasteiger partial charge in [-0.15, -0.1) is 0 Å². The van der Waals surface area contributed by atoms with E-state index in [4.69, 9.17) is 0 Å². The van der Waals surface area contributed by atoms with E-state index in [1.54, 1.807) is 0 Å². The van der Waals surface area contributed by atoms with Gasteiger partial charge < -0.3 is 10.1 Å². The van der Waals surface area contributed by atoms with E-state index in [1.807, 2.05) is 6.92 Å². The van der Waals surface area contributed by atoms with E-state index in [9.17, 15) is 13.2 Å². The molecule has 18 heavy (non-hydrogen) atoms. The molecule has 106 valence electrons. The van der Waals surface area contributed by atoms with E-state index in [1.165, 1.54) is 11.4 Å². The normalized spacial score (nSPS) is 20.3. The predicted molar refractivity (Wildman–Crippen MR) is 68.7 cm³/mol. The van der Waals surface area contributed by atoms with Crippen LogP contribution in [0.3, 0.4) is 0 Å². The minimum Gasteiger partial charge on any atom is -0.468 e. The molecule has 0 bridgehead atoms. The molecule has 0 aromatic carbocycles. The second-order valence-corrected chi connectivity index (χ2v) is 6.45. The van der Waals surface area contributed by atoms with Gasteiger partial charge in [0.05, 0.1) is 7.11 Å². The number of nitrogens with zero attached hydrogens (tertiary/aromatic N) is 1. The summed E-state index contributed by atoms with van der Waals surface area (Å²) in [5.41, 5.74) is 0. The highest BCUT2D eigenvalue weighted by atomic mass is 32.2. The van der Waals surface area contributed by atoms with Gasteiger partial charge in [0.15, 0.2) is 5.75 Å². The monoisotopic (exact) mass is 278 g/mol. The van der Waals surface area contributed by atoms with Crippen molar-refractivity contribution in [2.24, 2.45) is 0 Å². The summed E-state index contributed by atoms with van der Waals surface area (Å²) in [6.45, 7) is 3.73. The maximum absolute atomic E-state index is 12.1. The van der Waals surface area contributed by atoms with Crippen molar-refractivity contribution in [3.63, 3.8) is 0 Å². The van der Waals surface area contributed by atoms with Gasteiger partial charge in [-0.2, -0.15) is 4.31 Å². The third-order valence-corrected chi connectivity index (χ3v) is 4.70. The summed E-state index contributed by atoms with van der Waals surface area (Å²) in [5.74, 6) is -1.29. The second-order valence-electron chi connectivity index (χ2n) is 4.48. The topological polar surface area (TPSA) is 75.7 Å². The molecule has 0 aromatic rings. The molecule has 1 N–H and O–H groups in total. The zero-order chi connectivity index (χ0) is 13.6. The lowest BCUT2D eigenvalue weighted by molar-refractivity contribution is -0.137. The van der Waals surface area contributed by atoms with Crippen LogP contribution in [0.5, 0.6) is 0 Å². The summed E-state index contributed by atoms with van der Waals surface area (Å²) in [7, 11) is -2.37. The van der Waals surface area contributed by atoms with Crippen LogP contribution in [0.1, 0.15) is 26.2 Å². The van der Waals surface area contributed by atoms with Gasteiger partial charge in [-0.05, 0) is 25.8 Å². The minimum atomic E-state index is -3.56. The maximum Gasteiger partial charge on any atom is 0.322 e. The van der Waals surface area contributed by atoms with E-state index in [2.05, 4.69) is 10.1 Å². The molecule has 0 saturated carbocycles. The number of esters is 1. The number of carbonyl (C=O) groups is 1. The largest absolute Gasteiger partial charge is 0.468 e. The average Bonchev–Trinajstić information content (AvgIpc) is 2.80. The summed E-state index contributed by atoms with van der Waals surface area (Å²) in [4.78, 5) is 11.1. The van der Waals surface area contributed by atoms with Crippen LogP contribution >= 0.6 is 0 Å². The highest BCUT2D eigenvalue weighted by Crippen LogP contribution is 2.11. The molecule has 1 aliphatic heterocycles. The van der Waals surface area contributed by atoms with Crippen molar-refractivity contribution < 1.29 is 17.9 Å². The molecule has 1 saturated heterocycles. The summed E-state index contributed by atoms with van der Waals surface area (Å²) in [6.07, 6.45) is 2.78. The van der Waals surface area contributed by atoms with Crippen molar-refractivity contribution in [3.05, 3.63) is 0 Å².